The van der Waals surface area contributed by atoms with Gasteiger partial charge in [-0.1, -0.05) is 31.5 Å². The molecule has 7 nitrogen and oxygen atoms in total. The normalized spacial score (nSPS) is 14.1. The van der Waals surface area contributed by atoms with Crippen LogP contribution >= 0.6 is 11.6 Å². The topological polar surface area (TPSA) is 84.9 Å². The van der Waals surface area contributed by atoms with Gasteiger partial charge in [0, 0.05) is 18.6 Å². The van der Waals surface area contributed by atoms with Gasteiger partial charge >= 0.3 is 0 Å². The SMILES string of the molecule is CC(C)[C@H](NS(=O)(=O)c1ccc(Cl)cc1)C(=O)N(C)Cc1ccc2c(c1)OCO2. The maximum absolute atomic E-state index is 13.0. The Hall–Kier alpha value is -2.29. The summed E-state index contributed by atoms with van der Waals surface area (Å²) in [7, 11) is -2.24. The quantitative estimate of drug-likeness (QED) is 0.718. The summed E-state index contributed by atoms with van der Waals surface area (Å²) in [5.74, 6) is 0.727. The highest BCUT2D eigenvalue weighted by molar-refractivity contribution is 7.89. The Balaban J connectivity index is 1.74. The fraction of sp³-hybridized carbons (Fsp3) is 0.350. The number of ether oxygens (including phenoxy) is 2. The second-order valence-electron chi connectivity index (χ2n) is 7.18. The van der Waals surface area contributed by atoms with Crippen LogP contribution in [0.4, 0.5) is 0 Å². The number of halogens is 1. The molecule has 2 aromatic rings. The molecule has 0 unspecified atom stereocenters. The van der Waals surface area contributed by atoms with Gasteiger partial charge in [-0.2, -0.15) is 4.72 Å². The lowest BCUT2D eigenvalue weighted by Gasteiger charge is -2.27. The molecule has 0 aliphatic carbocycles. The van der Waals surface area contributed by atoms with Gasteiger partial charge in [0.05, 0.1) is 4.90 Å². The van der Waals surface area contributed by atoms with Crippen molar-refractivity contribution in [2.45, 2.75) is 31.3 Å². The monoisotopic (exact) mass is 438 g/mol. The number of hydrogen-bond acceptors (Lipinski definition) is 5. The molecule has 1 aliphatic rings. The van der Waals surface area contributed by atoms with E-state index in [0.29, 0.717) is 23.1 Å². The summed E-state index contributed by atoms with van der Waals surface area (Å²) in [6.07, 6.45) is 0. The van der Waals surface area contributed by atoms with Crippen LogP contribution in [0.5, 0.6) is 11.5 Å². The van der Waals surface area contributed by atoms with Gasteiger partial charge in [0.15, 0.2) is 11.5 Å². The molecule has 0 aromatic heterocycles. The summed E-state index contributed by atoms with van der Waals surface area (Å²) in [5.41, 5.74) is 0.855. The van der Waals surface area contributed by atoms with Crippen LogP contribution in [-0.4, -0.2) is 39.1 Å². The van der Waals surface area contributed by atoms with E-state index in [-0.39, 0.29) is 23.5 Å². The number of amides is 1. The summed E-state index contributed by atoms with van der Waals surface area (Å²) in [5, 5.41) is 0.434. The van der Waals surface area contributed by atoms with Crippen LogP contribution in [0.3, 0.4) is 0 Å². The Morgan fingerprint density at radius 2 is 1.79 bits per heavy atom. The predicted octanol–water partition coefficient (Wildman–Crippen LogP) is 3.03. The lowest BCUT2D eigenvalue weighted by molar-refractivity contribution is -0.133. The van der Waals surface area contributed by atoms with E-state index in [1.165, 1.54) is 29.2 Å². The molecule has 9 heteroatoms. The number of sulfonamides is 1. The third-order valence-electron chi connectivity index (χ3n) is 4.57. The Kier molecular flexibility index (Phi) is 6.36. The summed E-state index contributed by atoms with van der Waals surface area (Å²) < 4.78 is 38.6. The van der Waals surface area contributed by atoms with Gasteiger partial charge in [0.2, 0.25) is 22.7 Å². The predicted molar refractivity (Wildman–Crippen MR) is 109 cm³/mol. The van der Waals surface area contributed by atoms with Crippen molar-refractivity contribution in [3.05, 3.63) is 53.1 Å². The molecule has 2 aromatic carbocycles. The smallest absolute Gasteiger partial charge is 0.241 e. The first-order valence-corrected chi connectivity index (χ1v) is 10.9. The van der Waals surface area contributed by atoms with Crippen LogP contribution in [0.1, 0.15) is 19.4 Å². The number of carbonyl (C=O) groups is 1. The lowest BCUT2D eigenvalue weighted by Crippen LogP contribution is -2.49. The molecule has 0 saturated carbocycles. The number of benzene rings is 2. The minimum absolute atomic E-state index is 0.0544. The summed E-state index contributed by atoms with van der Waals surface area (Å²) >= 11 is 5.83. The fourth-order valence-electron chi connectivity index (χ4n) is 2.95. The Morgan fingerprint density at radius 3 is 2.45 bits per heavy atom. The van der Waals surface area contributed by atoms with Crippen molar-refractivity contribution in [2.75, 3.05) is 13.8 Å². The molecule has 3 rings (SSSR count). The molecule has 0 saturated heterocycles. The largest absolute Gasteiger partial charge is 0.454 e. The number of likely N-dealkylation sites (N-methyl/N-ethyl adjacent to an activating group) is 1. The number of nitrogens with zero attached hydrogens (tertiary/aromatic N) is 1. The molecule has 0 bridgehead atoms. The molecular formula is C20H23ClN2O5S. The van der Waals surface area contributed by atoms with Crippen molar-refractivity contribution >= 4 is 27.5 Å². The van der Waals surface area contributed by atoms with Crippen molar-refractivity contribution in [1.29, 1.82) is 0 Å². The van der Waals surface area contributed by atoms with Crippen LogP contribution in [-0.2, 0) is 21.4 Å². The average molecular weight is 439 g/mol. The third kappa shape index (κ3) is 5.01. The third-order valence-corrected chi connectivity index (χ3v) is 6.28. The maximum Gasteiger partial charge on any atom is 0.241 e. The average Bonchev–Trinajstić information content (AvgIpc) is 3.13. The van der Waals surface area contributed by atoms with Crippen molar-refractivity contribution < 1.29 is 22.7 Å². The van der Waals surface area contributed by atoms with E-state index in [1.54, 1.807) is 27.0 Å². The van der Waals surface area contributed by atoms with Gasteiger partial charge in [0.25, 0.3) is 0 Å². The molecule has 1 atom stereocenters. The van der Waals surface area contributed by atoms with E-state index >= 15 is 0 Å². The zero-order valence-corrected chi connectivity index (χ0v) is 18.0. The molecule has 0 spiro atoms. The highest BCUT2D eigenvalue weighted by Crippen LogP contribution is 2.32. The van der Waals surface area contributed by atoms with E-state index < -0.39 is 16.1 Å². The molecule has 29 heavy (non-hydrogen) atoms. The van der Waals surface area contributed by atoms with E-state index in [2.05, 4.69) is 4.72 Å². The number of fused-ring (bicyclic) bond motifs is 1. The van der Waals surface area contributed by atoms with Crippen LogP contribution in [0, 0.1) is 5.92 Å². The zero-order chi connectivity index (χ0) is 21.2. The first-order chi connectivity index (χ1) is 13.7. The summed E-state index contributed by atoms with van der Waals surface area (Å²) in [6, 6.07) is 10.3. The van der Waals surface area contributed by atoms with Gasteiger partial charge in [-0.15, -0.1) is 0 Å². The number of rotatable bonds is 7. The first-order valence-electron chi connectivity index (χ1n) is 9.09. The number of carbonyl (C=O) groups excluding carboxylic acids is 1. The van der Waals surface area contributed by atoms with Gasteiger partial charge < -0.3 is 14.4 Å². The zero-order valence-electron chi connectivity index (χ0n) is 16.4. The highest BCUT2D eigenvalue weighted by Gasteiger charge is 2.30. The van der Waals surface area contributed by atoms with E-state index in [0.717, 1.165) is 5.56 Å². The molecule has 1 amide bonds. The molecule has 1 heterocycles. The van der Waals surface area contributed by atoms with Crippen LogP contribution < -0.4 is 14.2 Å². The van der Waals surface area contributed by atoms with Gasteiger partial charge in [-0.05, 0) is 47.9 Å². The fourth-order valence-corrected chi connectivity index (χ4v) is 4.41. The number of hydrogen-bond donors (Lipinski definition) is 1. The molecule has 1 N–H and O–H groups in total. The Labute approximate surface area is 175 Å². The maximum atomic E-state index is 13.0. The van der Waals surface area contributed by atoms with Crippen LogP contribution in [0.25, 0.3) is 0 Å². The minimum atomic E-state index is -3.87. The molecule has 0 fully saturated rings. The van der Waals surface area contributed by atoms with Crippen LogP contribution in [0.15, 0.2) is 47.4 Å². The van der Waals surface area contributed by atoms with Gasteiger partial charge in [-0.3, -0.25) is 4.79 Å². The first kappa shape index (κ1) is 21.4. The molecule has 1 aliphatic heterocycles. The van der Waals surface area contributed by atoms with E-state index in [9.17, 15) is 13.2 Å². The second-order valence-corrected chi connectivity index (χ2v) is 9.33. The summed E-state index contributed by atoms with van der Waals surface area (Å²) in [6.45, 7) is 4.07. The molecule has 156 valence electrons. The van der Waals surface area contributed by atoms with E-state index in [4.69, 9.17) is 21.1 Å². The second kappa shape index (κ2) is 8.61. The minimum Gasteiger partial charge on any atom is -0.454 e. The van der Waals surface area contributed by atoms with Crippen molar-refractivity contribution in [3.8, 4) is 11.5 Å². The molecular weight excluding hydrogens is 416 g/mol. The summed E-state index contributed by atoms with van der Waals surface area (Å²) in [4.78, 5) is 14.6. The Bertz CT molecular complexity index is 992. The lowest BCUT2D eigenvalue weighted by atomic mass is 10.0. The van der Waals surface area contributed by atoms with Crippen molar-refractivity contribution in [1.82, 2.24) is 9.62 Å². The highest BCUT2D eigenvalue weighted by atomic mass is 35.5. The van der Waals surface area contributed by atoms with Gasteiger partial charge in [-0.25, -0.2) is 8.42 Å². The standard InChI is InChI=1S/C20H23ClN2O5S/c1-13(2)19(22-29(25,26)16-7-5-15(21)6-8-16)20(24)23(3)11-14-4-9-17-18(10-14)28-12-27-17/h4-10,13,19,22H,11-12H2,1-3H3/t19-/m0/s1. The van der Waals surface area contributed by atoms with Gasteiger partial charge in [0.1, 0.15) is 6.04 Å². The van der Waals surface area contributed by atoms with Crippen LogP contribution in [0.2, 0.25) is 5.02 Å². The number of nitrogens with one attached hydrogen (secondary N) is 1. The van der Waals surface area contributed by atoms with Crippen molar-refractivity contribution in [3.63, 3.8) is 0 Å². The van der Waals surface area contributed by atoms with Crippen molar-refractivity contribution in [2.24, 2.45) is 5.92 Å². The molecule has 0 radical (unpaired) electrons. The Morgan fingerprint density at radius 1 is 1.14 bits per heavy atom. The van der Waals surface area contributed by atoms with E-state index in [1.807, 2.05) is 12.1 Å².